The van der Waals surface area contributed by atoms with Crippen LogP contribution in [-0.2, 0) is 0 Å². The molecule has 0 saturated carbocycles. The highest BCUT2D eigenvalue weighted by atomic mass is 28.3. The Labute approximate surface area is 142 Å². The second kappa shape index (κ2) is 6.39. The molecule has 1 aromatic rings. The predicted octanol–water partition coefficient (Wildman–Crippen LogP) is 3.32. The Hall–Kier alpha value is -3.38. The van der Waals surface area contributed by atoms with Crippen molar-refractivity contribution in [1.82, 2.24) is 0 Å². The van der Waals surface area contributed by atoms with Gasteiger partial charge in [0.15, 0.2) is 0 Å². The van der Waals surface area contributed by atoms with Gasteiger partial charge >= 0.3 is 0 Å². The number of hydrogen-bond acceptors (Lipinski definition) is 4. The average molecular weight is 326 g/mol. The molecule has 4 nitrogen and oxygen atoms in total. The first-order chi connectivity index (χ1) is 11.5. The third-order valence-electron chi connectivity index (χ3n) is 4.44. The van der Waals surface area contributed by atoms with Gasteiger partial charge in [0.05, 0.1) is 42.5 Å². The molecule has 1 aromatic carbocycles. The number of nitrogens with zero attached hydrogens (tertiary/aromatic N) is 4. The molecule has 1 aliphatic rings. The second-order valence-electron chi connectivity index (χ2n) is 6.01. The lowest BCUT2D eigenvalue weighted by Gasteiger charge is -2.30. The van der Waals surface area contributed by atoms with Gasteiger partial charge in [0.2, 0.25) is 0 Å². The van der Waals surface area contributed by atoms with E-state index in [-0.39, 0.29) is 22.3 Å². The van der Waals surface area contributed by atoms with Crippen molar-refractivity contribution in [2.75, 3.05) is 0 Å². The lowest BCUT2D eigenvalue weighted by atomic mass is 10.1. The van der Waals surface area contributed by atoms with Crippen molar-refractivity contribution < 1.29 is 0 Å². The Morgan fingerprint density at radius 1 is 0.875 bits per heavy atom. The molecule has 0 saturated heterocycles. The molecule has 5 heteroatoms. The Bertz CT molecular complexity index is 888. The van der Waals surface area contributed by atoms with Crippen molar-refractivity contribution in [3.8, 4) is 24.3 Å². The summed E-state index contributed by atoms with van der Waals surface area (Å²) in [6, 6.07) is 15.8. The lowest BCUT2D eigenvalue weighted by molar-refractivity contribution is 1.17. The van der Waals surface area contributed by atoms with Gasteiger partial charge in [-0.05, 0) is 5.56 Å². The highest BCUT2D eigenvalue weighted by molar-refractivity contribution is 6.92. The first-order valence-corrected chi connectivity index (χ1v) is 10.4. The molecule has 0 atom stereocenters. The number of benzene rings is 1. The first-order valence-electron chi connectivity index (χ1n) is 7.28. The molecule has 0 spiro atoms. The van der Waals surface area contributed by atoms with E-state index in [0.29, 0.717) is 0 Å². The monoisotopic (exact) mass is 326 g/mol. The topological polar surface area (TPSA) is 95.2 Å². The summed E-state index contributed by atoms with van der Waals surface area (Å²) in [6.07, 6.45) is 1.75. The van der Waals surface area contributed by atoms with Crippen LogP contribution < -0.4 is 5.19 Å². The molecule has 114 valence electrons. The minimum absolute atomic E-state index is 0.0461. The van der Waals surface area contributed by atoms with Gasteiger partial charge in [0.1, 0.15) is 12.1 Å². The molecular weight excluding hydrogens is 312 g/mol. The Morgan fingerprint density at radius 3 is 1.67 bits per heavy atom. The molecule has 0 N–H and O–H groups in total. The van der Waals surface area contributed by atoms with Gasteiger partial charge in [-0.3, -0.25) is 0 Å². The molecule has 0 amide bonds. The van der Waals surface area contributed by atoms with Gasteiger partial charge in [-0.25, -0.2) is 0 Å². The van der Waals surface area contributed by atoms with Crippen molar-refractivity contribution >= 4 is 19.3 Å². The van der Waals surface area contributed by atoms with Crippen LogP contribution in [0.25, 0.3) is 6.08 Å². The second-order valence-corrected chi connectivity index (χ2v) is 10.6. The van der Waals surface area contributed by atoms with E-state index in [4.69, 9.17) is 0 Å². The molecule has 0 aliphatic heterocycles. The summed E-state index contributed by atoms with van der Waals surface area (Å²) in [7, 11) is -2.36. The van der Waals surface area contributed by atoms with Crippen LogP contribution in [0.3, 0.4) is 0 Å². The summed E-state index contributed by atoms with van der Waals surface area (Å²) in [5.74, 6) is 0. The summed E-state index contributed by atoms with van der Waals surface area (Å²) in [5.41, 5.74) is 1.09. The maximum absolute atomic E-state index is 9.56. The van der Waals surface area contributed by atoms with Gasteiger partial charge in [-0.2, -0.15) is 21.0 Å². The minimum atomic E-state index is -2.36. The van der Waals surface area contributed by atoms with E-state index < -0.39 is 13.6 Å². The maximum atomic E-state index is 9.56. The summed E-state index contributed by atoms with van der Waals surface area (Å²) in [5, 5.41) is 38.9. The number of allylic oxidation sites excluding steroid dienone is 4. The predicted molar refractivity (Wildman–Crippen MR) is 93.9 cm³/mol. The van der Waals surface area contributed by atoms with E-state index in [1.54, 1.807) is 6.08 Å². The van der Waals surface area contributed by atoms with Crippen LogP contribution in [-0.4, -0.2) is 8.07 Å². The zero-order valence-corrected chi connectivity index (χ0v) is 14.5. The Balaban J connectivity index is 2.70. The molecule has 24 heavy (non-hydrogen) atoms. The van der Waals surface area contributed by atoms with E-state index in [2.05, 4.69) is 18.7 Å². The quantitative estimate of drug-likeness (QED) is 0.796. The van der Waals surface area contributed by atoms with Gasteiger partial charge in [-0.15, -0.1) is 0 Å². The van der Waals surface area contributed by atoms with Crippen LogP contribution in [0, 0.1) is 45.3 Å². The fraction of sp³-hybridized carbons (Fsp3) is 0.158. The molecular formula is C19H14N4Si. The highest BCUT2D eigenvalue weighted by Crippen LogP contribution is 2.46. The largest absolute Gasteiger partial charge is 0.193 e. The van der Waals surface area contributed by atoms with Gasteiger partial charge in [0, 0.05) is 5.54 Å². The summed E-state index contributed by atoms with van der Waals surface area (Å²) < 4.78 is 0. The zero-order valence-electron chi connectivity index (χ0n) is 13.5. The normalized spacial score (nSPS) is 14.6. The Kier molecular flexibility index (Phi) is 4.52. The van der Waals surface area contributed by atoms with Crippen molar-refractivity contribution in [3.05, 3.63) is 58.7 Å². The smallest absolute Gasteiger partial charge is 0.102 e. The number of rotatable bonds is 3. The molecule has 1 aliphatic carbocycles. The fourth-order valence-electron chi connectivity index (χ4n) is 3.11. The number of nitriles is 4. The van der Waals surface area contributed by atoms with E-state index in [1.807, 2.05) is 49.5 Å². The lowest BCUT2D eigenvalue weighted by Crippen LogP contribution is -2.46. The fourth-order valence-corrected chi connectivity index (χ4v) is 6.33. The molecule has 0 unspecified atom stereocenters. The van der Waals surface area contributed by atoms with Crippen molar-refractivity contribution in [1.29, 1.82) is 21.0 Å². The minimum Gasteiger partial charge on any atom is -0.193 e. The van der Waals surface area contributed by atoms with Crippen LogP contribution in [0.4, 0.5) is 0 Å². The van der Waals surface area contributed by atoms with Crippen LogP contribution in [0.1, 0.15) is 5.56 Å². The molecule has 2 rings (SSSR count). The SMILES string of the molecule is C=Cc1ccc([Si](C)(C)C2C(C#N)=C(C#N)C(C#N)=C2C#N)cc1. The third kappa shape index (κ3) is 2.44. The van der Waals surface area contributed by atoms with E-state index >= 15 is 0 Å². The van der Waals surface area contributed by atoms with E-state index in [1.165, 1.54) is 0 Å². The first kappa shape index (κ1) is 17.0. The molecule has 0 radical (unpaired) electrons. The van der Waals surface area contributed by atoms with Crippen LogP contribution in [0.2, 0.25) is 18.6 Å². The van der Waals surface area contributed by atoms with Crippen molar-refractivity contribution in [2.45, 2.75) is 18.6 Å². The van der Waals surface area contributed by atoms with E-state index in [0.717, 1.165) is 10.8 Å². The average Bonchev–Trinajstić information content (AvgIpc) is 2.94. The van der Waals surface area contributed by atoms with Gasteiger partial charge in [-0.1, -0.05) is 55.2 Å². The molecule has 0 aromatic heterocycles. The standard InChI is InChI=1S/C19H14N4Si/c1-4-13-5-7-14(8-6-13)24(2,3)19-17(11-22)15(9-20)16(10-21)18(19)12-23/h4-8,19H,1H2,2-3H3. The van der Waals surface area contributed by atoms with Crippen molar-refractivity contribution in [3.63, 3.8) is 0 Å². The number of hydrogen-bond donors (Lipinski definition) is 0. The summed E-state index contributed by atoms with van der Waals surface area (Å²) in [6.45, 7) is 7.82. The summed E-state index contributed by atoms with van der Waals surface area (Å²) in [4.78, 5) is 0. The van der Waals surface area contributed by atoms with Crippen LogP contribution in [0.15, 0.2) is 53.1 Å². The molecule has 0 bridgehead atoms. The highest BCUT2D eigenvalue weighted by Gasteiger charge is 2.46. The zero-order chi connectivity index (χ0) is 17.9. The Morgan fingerprint density at radius 2 is 1.33 bits per heavy atom. The van der Waals surface area contributed by atoms with Crippen LogP contribution in [0.5, 0.6) is 0 Å². The van der Waals surface area contributed by atoms with E-state index in [9.17, 15) is 21.0 Å². The van der Waals surface area contributed by atoms with Crippen molar-refractivity contribution in [2.24, 2.45) is 0 Å². The maximum Gasteiger partial charge on any atom is 0.102 e. The molecule has 0 fully saturated rings. The summed E-state index contributed by atoms with van der Waals surface area (Å²) >= 11 is 0. The third-order valence-corrected chi connectivity index (χ3v) is 8.28. The molecule has 0 heterocycles. The van der Waals surface area contributed by atoms with Crippen LogP contribution >= 0.6 is 0 Å². The van der Waals surface area contributed by atoms with Gasteiger partial charge < -0.3 is 0 Å². The van der Waals surface area contributed by atoms with Gasteiger partial charge in [0.25, 0.3) is 0 Å².